The minimum absolute atomic E-state index is 0.0235. The molecule has 21 heavy (non-hydrogen) atoms. The number of nitrogens with zero attached hydrogens (tertiary/aromatic N) is 1. The molecule has 0 aromatic heterocycles. The van der Waals surface area contributed by atoms with Gasteiger partial charge in [0, 0.05) is 26.1 Å². The van der Waals surface area contributed by atoms with E-state index in [9.17, 15) is 9.59 Å². The Morgan fingerprint density at radius 1 is 1.38 bits per heavy atom. The molecule has 2 aliphatic rings. The number of aliphatic carboxylic acids is 1. The second-order valence-corrected chi connectivity index (χ2v) is 7.25. The second-order valence-electron chi connectivity index (χ2n) is 7.25. The third-order valence-corrected chi connectivity index (χ3v) is 5.27. The van der Waals surface area contributed by atoms with Crippen molar-refractivity contribution in [3.8, 4) is 0 Å². The molecule has 2 fully saturated rings. The lowest BCUT2D eigenvalue weighted by Gasteiger charge is -2.40. The van der Waals surface area contributed by atoms with Crippen LogP contribution in [0.3, 0.4) is 0 Å². The van der Waals surface area contributed by atoms with E-state index < -0.39 is 5.97 Å². The van der Waals surface area contributed by atoms with Crippen molar-refractivity contribution in [2.75, 3.05) is 19.6 Å². The largest absolute Gasteiger partial charge is 0.481 e. The number of hydrogen-bond acceptors (Lipinski definition) is 2. The molecule has 2 rings (SSSR count). The van der Waals surface area contributed by atoms with Crippen LogP contribution in [0.5, 0.6) is 0 Å². The van der Waals surface area contributed by atoms with E-state index in [0.29, 0.717) is 17.9 Å². The first-order valence-corrected chi connectivity index (χ1v) is 8.14. The summed E-state index contributed by atoms with van der Waals surface area (Å²) >= 11 is 0. The quantitative estimate of drug-likeness (QED) is 0.819. The number of nitrogens with one attached hydrogen (secondary N) is 1. The Kier molecular flexibility index (Phi) is 5.12. The lowest BCUT2D eigenvalue weighted by atomic mass is 9.70. The van der Waals surface area contributed by atoms with Crippen LogP contribution in [0.1, 0.15) is 52.4 Å². The van der Waals surface area contributed by atoms with E-state index in [-0.39, 0.29) is 18.4 Å². The zero-order chi connectivity index (χ0) is 15.5. The Hall–Kier alpha value is -1.26. The molecule has 0 aromatic rings. The van der Waals surface area contributed by atoms with Gasteiger partial charge in [-0.15, -0.1) is 0 Å². The Labute approximate surface area is 127 Å². The van der Waals surface area contributed by atoms with E-state index >= 15 is 0 Å². The predicted octanol–water partition coefficient (Wildman–Crippen LogP) is 2.71. The van der Waals surface area contributed by atoms with Gasteiger partial charge in [0.2, 0.25) is 0 Å². The van der Waals surface area contributed by atoms with Gasteiger partial charge in [0.15, 0.2) is 0 Å². The zero-order valence-electron chi connectivity index (χ0n) is 13.2. The predicted molar refractivity (Wildman–Crippen MR) is 81.1 cm³/mol. The van der Waals surface area contributed by atoms with Crippen molar-refractivity contribution in [1.29, 1.82) is 0 Å². The van der Waals surface area contributed by atoms with Crippen molar-refractivity contribution < 1.29 is 14.7 Å². The van der Waals surface area contributed by atoms with Gasteiger partial charge in [0.05, 0.1) is 0 Å². The molecule has 5 nitrogen and oxygen atoms in total. The molecule has 0 bridgehead atoms. The Morgan fingerprint density at radius 3 is 2.67 bits per heavy atom. The highest BCUT2D eigenvalue weighted by atomic mass is 16.4. The average molecular weight is 296 g/mol. The molecule has 1 heterocycles. The van der Waals surface area contributed by atoms with Crippen LogP contribution in [-0.4, -0.2) is 41.6 Å². The highest BCUT2D eigenvalue weighted by Crippen LogP contribution is 2.39. The summed E-state index contributed by atoms with van der Waals surface area (Å²) in [6.07, 6.45) is 5.86. The number of carbonyl (C=O) groups is 2. The Bertz CT molecular complexity index is 393. The van der Waals surface area contributed by atoms with Crippen LogP contribution in [0, 0.1) is 17.3 Å². The number of rotatable bonds is 5. The number of urea groups is 1. The minimum Gasteiger partial charge on any atom is -0.481 e. The molecule has 5 heteroatoms. The maximum Gasteiger partial charge on any atom is 0.317 e. The van der Waals surface area contributed by atoms with E-state index in [2.05, 4.69) is 12.2 Å². The highest BCUT2D eigenvalue weighted by Gasteiger charge is 2.33. The molecule has 2 N–H and O–H groups in total. The van der Waals surface area contributed by atoms with Gasteiger partial charge < -0.3 is 15.3 Å². The summed E-state index contributed by atoms with van der Waals surface area (Å²) in [4.78, 5) is 25.0. The summed E-state index contributed by atoms with van der Waals surface area (Å²) in [6, 6.07) is 0.0235. The summed E-state index contributed by atoms with van der Waals surface area (Å²) in [5.41, 5.74) is 0.293. The topological polar surface area (TPSA) is 69.6 Å². The Morgan fingerprint density at radius 2 is 2.10 bits per heavy atom. The molecule has 1 saturated heterocycles. The monoisotopic (exact) mass is 296 g/mol. The van der Waals surface area contributed by atoms with E-state index in [1.807, 2.05) is 11.8 Å². The summed E-state index contributed by atoms with van der Waals surface area (Å²) in [6.45, 7) is 6.45. The first kappa shape index (κ1) is 16.1. The van der Waals surface area contributed by atoms with Crippen molar-refractivity contribution in [2.45, 2.75) is 52.4 Å². The molecule has 1 aliphatic carbocycles. The van der Waals surface area contributed by atoms with Gasteiger partial charge in [-0.2, -0.15) is 0 Å². The maximum absolute atomic E-state index is 12.3. The zero-order valence-corrected chi connectivity index (χ0v) is 13.2. The van der Waals surface area contributed by atoms with Crippen LogP contribution in [0.2, 0.25) is 0 Å². The fraction of sp³-hybridized carbons (Fsp3) is 0.875. The van der Waals surface area contributed by atoms with Gasteiger partial charge in [-0.05, 0) is 42.9 Å². The number of hydrogen-bond donors (Lipinski definition) is 2. The molecular formula is C16H28N2O3. The van der Waals surface area contributed by atoms with E-state index in [1.165, 1.54) is 19.3 Å². The third-order valence-electron chi connectivity index (χ3n) is 5.27. The van der Waals surface area contributed by atoms with Crippen molar-refractivity contribution >= 4 is 12.0 Å². The number of amides is 2. The van der Waals surface area contributed by atoms with Crippen LogP contribution >= 0.6 is 0 Å². The van der Waals surface area contributed by atoms with Gasteiger partial charge in [0.1, 0.15) is 0 Å². The van der Waals surface area contributed by atoms with Crippen molar-refractivity contribution in [3.63, 3.8) is 0 Å². The van der Waals surface area contributed by atoms with Crippen molar-refractivity contribution in [3.05, 3.63) is 0 Å². The summed E-state index contributed by atoms with van der Waals surface area (Å²) in [5, 5.41) is 12.0. The van der Waals surface area contributed by atoms with Crippen LogP contribution < -0.4 is 5.32 Å². The molecule has 2 amide bonds. The lowest BCUT2D eigenvalue weighted by Crippen LogP contribution is -2.49. The summed E-state index contributed by atoms with van der Waals surface area (Å²) < 4.78 is 0. The van der Waals surface area contributed by atoms with Crippen molar-refractivity contribution in [2.24, 2.45) is 17.3 Å². The SMILES string of the molecule is CC(CC(=O)O)C1CCCN(C(=O)NCC2(C)CCC2)C1. The number of carbonyl (C=O) groups excluding carboxylic acids is 1. The molecule has 1 aliphatic heterocycles. The number of piperidine rings is 1. The first-order valence-electron chi connectivity index (χ1n) is 8.14. The fourth-order valence-electron chi connectivity index (χ4n) is 3.46. The van der Waals surface area contributed by atoms with Crippen LogP contribution in [0.4, 0.5) is 4.79 Å². The summed E-state index contributed by atoms with van der Waals surface area (Å²) in [7, 11) is 0. The van der Waals surface area contributed by atoms with Crippen LogP contribution in [0.15, 0.2) is 0 Å². The van der Waals surface area contributed by atoms with Gasteiger partial charge in [-0.25, -0.2) is 4.79 Å². The number of carboxylic acid groups (broad SMARTS) is 1. The molecule has 0 aromatic carbocycles. The van der Waals surface area contributed by atoms with E-state index in [0.717, 1.165) is 25.9 Å². The highest BCUT2D eigenvalue weighted by molar-refractivity contribution is 5.74. The number of likely N-dealkylation sites (tertiary alicyclic amines) is 1. The van der Waals surface area contributed by atoms with Gasteiger partial charge in [-0.3, -0.25) is 4.79 Å². The molecule has 0 radical (unpaired) electrons. The molecule has 1 saturated carbocycles. The molecule has 120 valence electrons. The van der Waals surface area contributed by atoms with E-state index in [4.69, 9.17) is 5.11 Å². The number of carboxylic acids is 1. The molecule has 0 spiro atoms. The standard InChI is InChI=1S/C16H28N2O3/c1-12(9-14(19)20)13-5-3-8-18(10-13)15(21)17-11-16(2)6-4-7-16/h12-13H,3-11H2,1-2H3,(H,17,21)(H,19,20). The van der Waals surface area contributed by atoms with E-state index in [1.54, 1.807) is 0 Å². The first-order chi connectivity index (χ1) is 9.89. The van der Waals surface area contributed by atoms with Gasteiger partial charge in [-0.1, -0.05) is 20.3 Å². The molecule has 2 unspecified atom stereocenters. The maximum atomic E-state index is 12.3. The van der Waals surface area contributed by atoms with Gasteiger partial charge >= 0.3 is 12.0 Å². The summed E-state index contributed by atoms with van der Waals surface area (Å²) in [5.74, 6) is -0.316. The normalized spacial score (nSPS) is 25.8. The third kappa shape index (κ3) is 4.35. The van der Waals surface area contributed by atoms with Crippen LogP contribution in [0.25, 0.3) is 0 Å². The van der Waals surface area contributed by atoms with Crippen molar-refractivity contribution in [1.82, 2.24) is 10.2 Å². The Balaban J connectivity index is 1.79. The lowest BCUT2D eigenvalue weighted by molar-refractivity contribution is -0.138. The average Bonchev–Trinajstić information content (AvgIpc) is 2.42. The smallest absolute Gasteiger partial charge is 0.317 e. The van der Waals surface area contributed by atoms with Gasteiger partial charge in [0.25, 0.3) is 0 Å². The fourth-order valence-corrected chi connectivity index (χ4v) is 3.46. The van der Waals surface area contributed by atoms with Crippen LogP contribution in [-0.2, 0) is 4.79 Å². The minimum atomic E-state index is -0.748. The molecular weight excluding hydrogens is 268 g/mol. The molecule has 2 atom stereocenters. The second kappa shape index (κ2) is 6.67.